The van der Waals surface area contributed by atoms with Crippen LogP contribution in [0.4, 0.5) is 0 Å². The quantitative estimate of drug-likeness (QED) is 0.478. The van der Waals surface area contributed by atoms with Crippen molar-refractivity contribution >= 4 is 12.1 Å². The Morgan fingerprint density at radius 2 is 2.33 bits per heavy atom. The van der Waals surface area contributed by atoms with E-state index in [9.17, 15) is 4.79 Å². The van der Waals surface area contributed by atoms with Gasteiger partial charge >= 0.3 is 0 Å². The Bertz CT molecular complexity index is 158. The molecule has 2 nitrogen and oxygen atoms in total. The van der Waals surface area contributed by atoms with E-state index in [-0.39, 0.29) is 11.3 Å². The number of hydrogen-bond donors (Lipinski definition) is 0. The first kappa shape index (κ1) is 6.46. The molecule has 1 aliphatic rings. The minimum atomic E-state index is -0.0359. The lowest BCUT2D eigenvalue weighted by Gasteiger charge is -2.22. The number of carbonyl (C=O) groups excluding carboxylic acids is 1. The van der Waals surface area contributed by atoms with E-state index >= 15 is 0 Å². The maximum Gasteiger partial charge on any atom is 0.246 e. The van der Waals surface area contributed by atoms with Crippen LogP contribution in [0.1, 0.15) is 26.7 Å². The average molecular weight is 124 g/mol. The average Bonchev–Trinajstić information content (AvgIpc) is 1.60. The number of amides is 1. The molecular formula is C7H10NO. The number of hydrogen-bond acceptors (Lipinski definition) is 1. The van der Waals surface area contributed by atoms with Crippen LogP contribution in [0.5, 0.6) is 0 Å². The summed E-state index contributed by atoms with van der Waals surface area (Å²) in [5.41, 5.74) is 0.0961. The van der Waals surface area contributed by atoms with Gasteiger partial charge in [0.15, 0.2) is 0 Å². The third-order valence-electron chi connectivity index (χ3n) is 1.39. The Morgan fingerprint density at radius 1 is 1.67 bits per heavy atom. The van der Waals surface area contributed by atoms with Gasteiger partial charge in [-0.3, -0.25) is 4.79 Å². The van der Waals surface area contributed by atoms with Crippen molar-refractivity contribution in [2.24, 2.45) is 10.4 Å². The van der Waals surface area contributed by atoms with Crippen LogP contribution in [0, 0.1) is 5.41 Å². The summed E-state index contributed by atoms with van der Waals surface area (Å²) in [6.45, 7) is 4.10. The summed E-state index contributed by atoms with van der Waals surface area (Å²) < 4.78 is 0. The van der Waals surface area contributed by atoms with E-state index < -0.39 is 0 Å². The van der Waals surface area contributed by atoms with Crippen molar-refractivity contribution in [2.45, 2.75) is 26.7 Å². The predicted octanol–water partition coefficient (Wildman–Crippen LogP) is 1.28. The van der Waals surface area contributed by atoms with Crippen LogP contribution in [-0.2, 0) is 4.79 Å². The van der Waals surface area contributed by atoms with Gasteiger partial charge in [-0.05, 0) is 11.8 Å². The fourth-order valence-electron chi connectivity index (χ4n) is 0.853. The molecule has 0 saturated heterocycles. The Balaban J connectivity index is 2.68. The molecule has 0 fully saturated rings. The lowest BCUT2D eigenvalue weighted by Crippen LogP contribution is -2.20. The van der Waals surface area contributed by atoms with Gasteiger partial charge in [-0.25, -0.2) is 4.99 Å². The van der Waals surface area contributed by atoms with E-state index in [1.165, 1.54) is 0 Å². The van der Waals surface area contributed by atoms with Crippen molar-refractivity contribution in [2.75, 3.05) is 0 Å². The molecule has 0 bridgehead atoms. The third kappa shape index (κ3) is 1.63. The number of aliphatic imine (C=N–C) groups is 1. The maximum atomic E-state index is 10.6. The molecule has 0 atom stereocenters. The Labute approximate surface area is 55.0 Å². The lowest BCUT2D eigenvalue weighted by molar-refractivity contribution is -0.120. The van der Waals surface area contributed by atoms with Crippen molar-refractivity contribution < 1.29 is 4.79 Å². The molecule has 0 aliphatic carbocycles. The molecular weight excluding hydrogens is 114 g/mol. The third-order valence-corrected chi connectivity index (χ3v) is 1.39. The van der Waals surface area contributed by atoms with Gasteiger partial charge in [0.05, 0.1) is 6.21 Å². The maximum absolute atomic E-state index is 10.6. The number of carbonyl (C=O) groups is 1. The first-order valence-electron chi connectivity index (χ1n) is 3.07. The van der Waals surface area contributed by atoms with Crippen molar-refractivity contribution in [1.29, 1.82) is 0 Å². The van der Waals surface area contributed by atoms with Gasteiger partial charge in [0, 0.05) is 6.42 Å². The van der Waals surface area contributed by atoms with Crippen LogP contribution in [-0.4, -0.2) is 12.1 Å². The van der Waals surface area contributed by atoms with Gasteiger partial charge < -0.3 is 0 Å². The van der Waals surface area contributed by atoms with Crippen LogP contribution in [0.2, 0.25) is 0 Å². The second kappa shape index (κ2) is 1.94. The van der Waals surface area contributed by atoms with Gasteiger partial charge in [0.25, 0.3) is 0 Å². The molecule has 0 unspecified atom stereocenters. The first-order chi connectivity index (χ1) is 4.10. The highest BCUT2D eigenvalue weighted by Crippen LogP contribution is 2.26. The van der Waals surface area contributed by atoms with Gasteiger partial charge in [-0.2, -0.15) is 0 Å². The molecule has 0 N–H and O–H groups in total. The first-order valence-corrected chi connectivity index (χ1v) is 3.07. The van der Waals surface area contributed by atoms with Crippen LogP contribution in [0.25, 0.3) is 0 Å². The number of nitrogens with zero attached hydrogens (tertiary/aromatic N) is 1. The highest BCUT2D eigenvalue weighted by molar-refractivity contribution is 5.88. The Kier molecular flexibility index (Phi) is 1.39. The van der Waals surface area contributed by atoms with Crippen LogP contribution in [0.3, 0.4) is 0 Å². The summed E-state index contributed by atoms with van der Waals surface area (Å²) in [6, 6.07) is 0. The molecule has 0 saturated carbocycles. The highest BCUT2D eigenvalue weighted by Gasteiger charge is 2.23. The molecule has 0 aromatic heterocycles. The van der Waals surface area contributed by atoms with Crippen LogP contribution >= 0.6 is 0 Å². The molecule has 9 heavy (non-hydrogen) atoms. The molecule has 1 radical (unpaired) electrons. The normalized spacial score (nSPS) is 24.4. The molecule has 1 heterocycles. The van der Waals surface area contributed by atoms with Gasteiger partial charge in [-0.15, -0.1) is 0 Å². The van der Waals surface area contributed by atoms with Crippen LogP contribution in [0.15, 0.2) is 4.99 Å². The second-order valence-corrected chi connectivity index (χ2v) is 3.18. The number of rotatable bonds is 0. The predicted molar refractivity (Wildman–Crippen MR) is 35.5 cm³/mol. The Morgan fingerprint density at radius 3 is 2.67 bits per heavy atom. The summed E-state index contributed by atoms with van der Waals surface area (Å²) in [7, 11) is 0. The topological polar surface area (TPSA) is 29.4 Å². The molecule has 49 valence electrons. The molecule has 1 amide bonds. The van der Waals surface area contributed by atoms with E-state index in [1.54, 1.807) is 0 Å². The van der Waals surface area contributed by atoms with E-state index in [4.69, 9.17) is 0 Å². The molecule has 0 aromatic carbocycles. The van der Waals surface area contributed by atoms with Crippen molar-refractivity contribution in [3.8, 4) is 0 Å². The SMILES string of the molecule is CC1(C)C[C]=NC(=O)C1. The largest absolute Gasteiger partial charge is 0.273 e. The summed E-state index contributed by atoms with van der Waals surface area (Å²) in [5, 5.41) is 0. The molecule has 0 spiro atoms. The van der Waals surface area contributed by atoms with Gasteiger partial charge in [0.2, 0.25) is 5.91 Å². The Hall–Kier alpha value is -0.660. The fraction of sp³-hybridized carbons (Fsp3) is 0.714. The fourth-order valence-corrected chi connectivity index (χ4v) is 0.853. The van der Waals surface area contributed by atoms with Crippen molar-refractivity contribution in [3.63, 3.8) is 0 Å². The minimum Gasteiger partial charge on any atom is -0.273 e. The van der Waals surface area contributed by atoms with E-state index in [1.807, 2.05) is 13.8 Å². The monoisotopic (exact) mass is 124 g/mol. The molecule has 2 heteroatoms. The summed E-state index contributed by atoms with van der Waals surface area (Å²) in [5.74, 6) is -0.0359. The van der Waals surface area contributed by atoms with Gasteiger partial charge in [0.1, 0.15) is 0 Å². The molecule has 1 aliphatic heterocycles. The minimum absolute atomic E-state index is 0.0359. The highest BCUT2D eigenvalue weighted by atomic mass is 16.1. The standard InChI is InChI=1S/C7H10NO/c1-7(2)3-4-8-6(9)5-7/h3,5H2,1-2H3. The van der Waals surface area contributed by atoms with E-state index in [0.717, 1.165) is 6.42 Å². The zero-order chi connectivity index (χ0) is 6.91. The summed E-state index contributed by atoms with van der Waals surface area (Å²) in [6.07, 6.45) is 4.07. The molecule has 1 rings (SSSR count). The summed E-state index contributed by atoms with van der Waals surface area (Å²) in [4.78, 5) is 14.2. The van der Waals surface area contributed by atoms with E-state index in [0.29, 0.717) is 6.42 Å². The zero-order valence-corrected chi connectivity index (χ0v) is 5.77. The second-order valence-electron chi connectivity index (χ2n) is 3.18. The van der Waals surface area contributed by atoms with E-state index in [2.05, 4.69) is 11.2 Å². The van der Waals surface area contributed by atoms with Crippen LogP contribution < -0.4 is 0 Å². The van der Waals surface area contributed by atoms with Gasteiger partial charge in [-0.1, -0.05) is 13.8 Å². The van der Waals surface area contributed by atoms with Crippen molar-refractivity contribution in [3.05, 3.63) is 0 Å². The zero-order valence-electron chi connectivity index (χ0n) is 5.77. The summed E-state index contributed by atoms with van der Waals surface area (Å²) >= 11 is 0. The smallest absolute Gasteiger partial charge is 0.246 e. The lowest BCUT2D eigenvalue weighted by atomic mass is 9.84. The van der Waals surface area contributed by atoms with Crippen molar-refractivity contribution in [1.82, 2.24) is 0 Å². The molecule has 0 aromatic rings.